The van der Waals surface area contributed by atoms with Crippen molar-refractivity contribution in [1.82, 2.24) is 10.3 Å². The number of fused-ring (bicyclic) bond motifs is 1. The molecule has 1 aliphatic carbocycles. The molecule has 0 radical (unpaired) electrons. The average molecular weight is 410 g/mol. The Bertz CT molecular complexity index is 848. The van der Waals surface area contributed by atoms with Gasteiger partial charge in [0.2, 0.25) is 0 Å². The Balaban J connectivity index is 0.00000261. The zero-order chi connectivity index (χ0) is 18.7. The van der Waals surface area contributed by atoms with Gasteiger partial charge in [0.1, 0.15) is 11.4 Å². The van der Waals surface area contributed by atoms with Crippen molar-refractivity contribution in [2.24, 2.45) is 0 Å². The standard InChI is InChI=1S/C19H21N3O3S.K/c1-12-7-9-19(17(23)24,15-6-4-3-5-14(12)15)22-18(25)21-16-11-13(26-2)8-10-20-16;/h3-6,8,10-12H,7,9H2,1-2H3,(H,23,24)(H2,20,21,22,25);/q;+1/p-1. The number of thioether (sulfide) groups is 1. The number of carbonyl (C=O) groups excluding carboxylic acids is 2. The van der Waals surface area contributed by atoms with E-state index in [-0.39, 0.29) is 63.7 Å². The van der Waals surface area contributed by atoms with Crippen molar-refractivity contribution in [2.45, 2.75) is 36.1 Å². The first-order valence-corrected chi connectivity index (χ1v) is 9.59. The summed E-state index contributed by atoms with van der Waals surface area (Å²) < 4.78 is 0. The normalized spacial score (nSPS) is 20.7. The van der Waals surface area contributed by atoms with Crippen LogP contribution in [-0.2, 0) is 10.3 Å². The molecule has 1 aromatic carbocycles. The number of hydrogen-bond donors (Lipinski definition) is 2. The number of rotatable bonds is 4. The van der Waals surface area contributed by atoms with E-state index in [0.717, 1.165) is 10.5 Å². The summed E-state index contributed by atoms with van der Waals surface area (Å²) in [4.78, 5) is 29.6. The van der Waals surface area contributed by atoms with Gasteiger partial charge in [0.25, 0.3) is 0 Å². The molecule has 2 unspecified atom stereocenters. The number of nitrogens with one attached hydrogen (secondary N) is 2. The minimum atomic E-state index is -1.55. The quantitative estimate of drug-likeness (QED) is 0.523. The van der Waals surface area contributed by atoms with E-state index in [1.54, 1.807) is 24.4 Å². The number of carboxylic acids is 1. The largest absolute Gasteiger partial charge is 1.00 e. The van der Waals surface area contributed by atoms with Gasteiger partial charge >= 0.3 is 57.4 Å². The third-order valence-corrected chi connectivity index (χ3v) is 5.51. The van der Waals surface area contributed by atoms with E-state index >= 15 is 0 Å². The van der Waals surface area contributed by atoms with Gasteiger partial charge in [-0.15, -0.1) is 11.8 Å². The van der Waals surface area contributed by atoms with Crippen molar-refractivity contribution < 1.29 is 66.1 Å². The fourth-order valence-electron chi connectivity index (χ4n) is 3.38. The number of nitrogens with zero attached hydrogens (tertiary/aromatic N) is 1. The monoisotopic (exact) mass is 409 g/mol. The molecule has 6 nitrogen and oxygen atoms in total. The van der Waals surface area contributed by atoms with Gasteiger partial charge < -0.3 is 15.2 Å². The van der Waals surface area contributed by atoms with Crippen LogP contribution in [0, 0.1) is 0 Å². The van der Waals surface area contributed by atoms with Crippen LogP contribution < -0.4 is 67.1 Å². The van der Waals surface area contributed by atoms with E-state index in [1.807, 2.05) is 24.5 Å². The van der Waals surface area contributed by atoms with Gasteiger partial charge in [-0.05, 0) is 48.3 Å². The van der Waals surface area contributed by atoms with Gasteiger partial charge in [-0.3, -0.25) is 5.32 Å². The number of anilines is 1. The molecule has 2 atom stereocenters. The van der Waals surface area contributed by atoms with Crippen LogP contribution >= 0.6 is 11.8 Å². The van der Waals surface area contributed by atoms with Gasteiger partial charge in [-0.1, -0.05) is 31.2 Å². The molecule has 136 valence electrons. The molecule has 0 saturated carbocycles. The van der Waals surface area contributed by atoms with Crippen LogP contribution in [0.15, 0.2) is 47.5 Å². The van der Waals surface area contributed by atoms with Crippen molar-refractivity contribution in [1.29, 1.82) is 0 Å². The summed E-state index contributed by atoms with van der Waals surface area (Å²) in [5.74, 6) is -0.721. The second-order valence-corrected chi connectivity index (χ2v) is 7.26. The predicted octanol–water partition coefficient (Wildman–Crippen LogP) is -0.528. The predicted molar refractivity (Wildman–Crippen MR) is 98.9 cm³/mol. The number of pyridine rings is 1. The third kappa shape index (κ3) is 4.75. The minimum Gasteiger partial charge on any atom is -0.547 e. The Morgan fingerprint density at radius 2 is 2.04 bits per heavy atom. The number of carbonyl (C=O) groups is 2. The Kier molecular flexibility index (Phi) is 7.90. The maximum atomic E-state index is 12.5. The molecule has 0 saturated heterocycles. The molecular weight excluding hydrogens is 389 g/mol. The van der Waals surface area contributed by atoms with Crippen molar-refractivity contribution in [3.05, 3.63) is 53.7 Å². The van der Waals surface area contributed by atoms with Gasteiger partial charge in [0.05, 0.1) is 5.97 Å². The molecule has 0 fully saturated rings. The fraction of sp³-hybridized carbons (Fsp3) is 0.316. The average Bonchev–Trinajstić information content (AvgIpc) is 2.64. The summed E-state index contributed by atoms with van der Waals surface area (Å²) in [6.45, 7) is 2.05. The molecule has 1 aromatic heterocycles. The van der Waals surface area contributed by atoms with Gasteiger partial charge in [-0.2, -0.15) is 0 Å². The third-order valence-electron chi connectivity index (χ3n) is 4.79. The molecule has 3 rings (SSSR count). The molecule has 0 spiro atoms. The van der Waals surface area contributed by atoms with Crippen LogP contribution in [0.3, 0.4) is 0 Å². The van der Waals surface area contributed by atoms with Crippen molar-refractivity contribution in [3.63, 3.8) is 0 Å². The van der Waals surface area contributed by atoms with Crippen LogP contribution in [0.4, 0.5) is 10.6 Å². The van der Waals surface area contributed by atoms with E-state index in [2.05, 4.69) is 22.5 Å². The number of carboxylic acid groups (broad SMARTS) is 1. The first-order valence-electron chi connectivity index (χ1n) is 8.36. The number of amides is 2. The summed E-state index contributed by atoms with van der Waals surface area (Å²) >= 11 is 1.52. The van der Waals surface area contributed by atoms with Crippen molar-refractivity contribution in [3.8, 4) is 0 Å². The second kappa shape index (κ2) is 9.53. The number of urea groups is 1. The molecular formula is C19H20KN3O3S. The Morgan fingerprint density at radius 1 is 1.30 bits per heavy atom. The Labute approximate surface area is 205 Å². The number of hydrogen-bond acceptors (Lipinski definition) is 5. The minimum absolute atomic E-state index is 0. The topological polar surface area (TPSA) is 94.2 Å². The number of aliphatic carboxylic acids is 1. The van der Waals surface area contributed by atoms with Gasteiger partial charge in [-0.25, -0.2) is 9.78 Å². The summed E-state index contributed by atoms with van der Waals surface area (Å²) in [5.41, 5.74) is -0.0462. The molecule has 0 bridgehead atoms. The van der Waals surface area contributed by atoms with E-state index in [4.69, 9.17) is 0 Å². The molecule has 8 heteroatoms. The van der Waals surface area contributed by atoms with Crippen LogP contribution in [0.25, 0.3) is 0 Å². The van der Waals surface area contributed by atoms with Gasteiger partial charge in [0.15, 0.2) is 0 Å². The Hall–Kier alpha value is -0.904. The van der Waals surface area contributed by atoms with E-state index in [1.165, 1.54) is 11.8 Å². The molecule has 2 N–H and O–H groups in total. The fourth-order valence-corrected chi connectivity index (χ4v) is 3.81. The first kappa shape index (κ1) is 22.4. The van der Waals surface area contributed by atoms with Crippen LogP contribution in [-0.4, -0.2) is 23.2 Å². The molecule has 2 amide bonds. The zero-order valence-electron chi connectivity index (χ0n) is 15.6. The van der Waals surface area contributed by atoms with Crippen molar-refractivity contribution in [2.75, 3.05) is 11.6 Å². The molecule has 1 aliphatic rings. The summed E-state index contributed by atoms with van der Waals surface area (Å²) in [6, 6.07) is 10.2. The molecule has 0 aliphatic heterocycles. The first-order chi connectivity index (χ1) is 12.5. The van der Waals surface area contributed by atoms with Crippen molar-refractivity contribution >= 4 is 29.6 Å². The number of benzene rings is 1. The molecule has 1 heterocycles. The van der Waals surface area contributed by atoms with E-state index in [9.17, 15) is 14.7 Å². The van der Waals surface area contributed by atoms with E-state index in [0.29, 0.717) is 17.8 Å². The van der Waals surface area contributed by atoms with Gasteiger partial charge in [0, 0.05) is 11.1 Å². The SMILES string of the molecule is CSc1ccnc(NC(=O)NC2(C(=O)[O-])CCC(C)c3ccccc32)c1.[K+]. The zero-order valence-corrected chi connectivity index (χ0v) is 19.6. The van der Waals surface area contributed by atoms with E-state index < -0.39 is 17.5 Å². The van der Waals surface area contributed by atoms with Crippen LogP contribution in [0.5, 0.6) is 0 Å². The van der Waals surface area contributed by atoms with Crippen LogP contribution in [0.1, 0.15) is 36.8 Å². The molecule has 2 aromatic rings. The smallest absolute Gasteiger partial charge is 0.547 e. The summed E-state index contributed by atoms with van der Waals surface area (Å²) in [6.07, 6.45) is 4.43. The van der Waals surface area contributed by atoms with Crippen LogP contribution in [0.2, 0.25) is 0 Å². The maximum Gasteiger partial charge on any atom is 1.00 e. The summed E-state index contributed by atoms with van der Waals surface area (Å²) in [7, 11) is 0. The maximum absolute atomic E-state index is 12.5. The number of aromatic nitrogens is 1. The Morgan fingerprint density at radius 3 is 2.74 bits per heavy atom. The summed E-state index contributed by atoms with van der Waals surface area (Å²) in [5, 5.41) is 17.3. The second-order valence-electron chi connectivity index (χ2n) is 6.38. The molecule has 27 heavy (non-hydrogen) atoms.